The lowest BCUT2D eigenvalue weighted by atomic mass is 9.98. The van der Waals surface area contributed by atoms with Gasteiger partial charge in [0.15, 0.2) is 5.78 Å². The van der Waals surface area contributed by atoms with E-state index < -0.39 is 5.69 Å². The van der Waals surface area contributed by atoms with Crippen LogP contribution in [0.5, 0.6) is 0 Å². The first-order valence-corrected chi connectivity index (χ1v) is 12.7. The molecule has 0 heterocycles. The zero-order valence-corrected chi connectivity index (χ0v) is 17.9. The molecule has 0 aliphatic heterocycles. The maximum Gasteiger partial charge on any atom is 0.248 e. The summed E-state index contributed by atoms with van der Waals surface area (Å²) in [5.41, 5.74) is 0.405. The Hall–Kier alpha value is -0.190. The van der Waals surface area contributed by atoms with Crippen LogP contribution >= 0.6 is 17.1 Å². The van der Waals surface area contributed by atoms with Crippen molar-refractivity contribution in [2.24, 2.45) is 0 Å². The Morgan fingerprint density at radius 1 is 1.21 bits per heavy atom. The van der Waals surface area contributed by atoms with Gasteiger partial charge in [-0.1, -0.05) is 48.8 Å². The van der Waals surface area contributed by atoms with Crippen molar-refractivity contribution in [3.8, 4) is 0 Å². The molecule has 1 unspecified atom stereocenters. The summed E-state index contributed by atoms with van der Waals surface area (Å²) in [6.45, 7) is 10.9. The molecule has 0 saturated carbocycles. The summed E-state index contributed by atoms with van der Waals surface area (Å²) >= 11 is 7.06. The number of hydrogen-bond donors (Lipinski definition) is 0. The lowest BCUT2D eigenvalue weighted by Gasteiger charge is -2.25. The summed E-state index contributed by atoms with van der Waals surface area (Å²) in [5.74, 6) is 0.142. The standard InChI is InChI=1S/C18H29O3PS2/c1-6-9-10-17(24-22(23,20-7-2)21-8-3)18(19)16-13-14(4)11-12-15(16)5/h11-13,17H,6-10H2,1-5H3. The molecule has 1 aromatic carbocycles. The molecule has 24 heavy (non-hydrogen) atoms. The maximum absolute atomic E-state index is 13.1. The summed E-state index contributed by atoms with van der Waals surface area (Å²) < 4.78 is 11.5. The molecular weight excluding hydrogens is 359 g/mol. The van der Waals surface area contributed by atoms with Gasteiger partial charge in [0.2, 0.25) is 5.69 Å². The molecule has 3 nitrogen and oxygen atoms in total. The molecule has 0 N–H and O–H groups in total. The van der Waals surface area contributed by atoms with E-state index in [1.807, 2.05) is 45.9 Å². The fraction of sp³-hybridized carbons (Fsp3) is 0.611. The lowest BCUT2D eigenvalue weighted by molar-refractivity contribution is 0.0985. The minimum absolute atomic E-state index is 0.142. The van der Waals surface area contributed by atoms with Gasteiger partial charge in [-0.15, -0.1) is 0 Å². The van der Waals surface area contributed by atoms with Crippen molar-refractivity contribution in [1.29, 1.82) is 0 Å². The minimum atomic E-state index is -2.49. The van der Waals surface area contributed by atoms with Crippen molar-refractivity contribution < 1.29 is 13.8 Å². The normalized spacial score (nSPS) is 13.0. The number of ketones is 1. The van der Waals surface area contributed by atoms with E-state index >= 15 is 0 Å². The maximum atomic E-state index is 13.1. The molecular formula is C18H29O3PS2. The predicted molar refractivity (Wildman–Crippen MR) is 109 cm³/mol. The number of Topliss-reactive ketones (excluding diaryl/α,β-unsaturated/α-hetero) is 1. The summed E-state index contributed by atoms with van der Waals surface area (Å²) in [6.07, 6.45) is 2.83. The highest BCUT2D eigenvalue weighted by Crippen LogP contribution is 2.63. The van der Waals surface area contributed by atoms with Crippen molar-refractivity contribution in [2.45, 2.75) is 59.1 Å². The van der Waals surface area contributed by atoms with Crippen molar-refractivity contribution >= 4 is 34.7 Å². The number of benzene rings is 1. The predicted octanol–water partition coefficient (Wildman–Crippen LogP) is 6.08. The molecule has 136 valence electrons. The number of rotatable bonds is 11. The highest BCUT2D eigenvalue weighted by atomic mass is 32.9. The average molecular weight is 389 g/mol. The van der Waals surface area contributed by atoms with Crippen molar-refractivity contribution in [1.82, 2.24) is 0 Å². The largest absolute Gasteiger partial charge is 0.322 e. The Balaban J connectivity index is 3.08. The molecule has 0 spiro atoms. The second-order valence-electron chi connectivity index (χ2n) is 5.70. The van der Waals surface area contributed by atoms with Crippen LogP contribution in [-0.2, 0) is 20.9 Å². The van der Waals surface area contributed by atoms with Gasteiger partial charge in [0.05, 0.1) is 18.5 Å². The summed E-state index contributed by atoms with van der Waals surface area (Å²) in [5, 5.41) is -0.214. The summed E-state index contributed by atoms with van der Waals surface area (Å²) in [7, 11) is 0. The quantitative estimate of drug-likeness (QED) is 0.339. The number of hydrogen-bond acceptors (Lipinski definition) is 5. The highest BCUT2D eigenvalue weighted by Gasteiger charge is 2.30. The van der Waals surface area contributed by atoms with E-state index in [0.717, 1.165) is 36.0 Å². The van der Waals surface area contributed by atoms with Crippen LogP contribution in [0.1, 0.15) is 61.5 Å². The minimum Gasteiger partial charge on any atom is -0.322 e. The van der Waals surface area contributed by atoms with Crippen LogP contribution in [0, 0.1) is 13.8 Å². The van der Waals surface area contributed by atoms with Crippen molar-refractivity contribution in [2.75, 3.05) is 13.2 Å². The van der Waals surface area contributed by atoms with Crippen LogP contribution in [0.15, 0.2) is 18.2 Å². The van der Waals surface area contributed by atoms with Gasteiger partial charge in [-0.05, 0) is 57.6 Å². The van der Waals surface area contributed by atoms with Gasteiger partial charge in [0.25, 0.3) is 0 Å². The van der Waals surface area contributed by atoms with E-state index in [-0.39, 0.29) is 11.0 Å². The van der Waals surface area contributed by atoms with E-state index in [1.165, 1.54) is 11.4 Å². The Bertz CT molecular complexity index is 580. The molecule has 0 saturated heterocycles. The van der Waals surface area contributed by atoms with Crippen LogP contribution in [0.25, 0.3) is 0 Å². The van der Waals surface area contributed by atoms with Crippen LogP contribution in [0.2, 0.25) is 0 Å². The third-order valence-corrected chi connectivity index (χ3v) is 9.29. The molecule has 1 atom stereocenters. The van der Waals surface area contributed by atoms with Gasteiger partial charge in [0.1, 0.15) is 0 Å². The zero-order chi connectivity index (χ0) is 18.2. The third kappa shape index (κ3) is 6.61. The smallest absolute Gasteiger partial charge is 0.248 e. The number of carbonyl (C=O) groups is 1. The molecule has 0 amide bonds. The summed E-state index contributed by atoms with van der Waals surface area (Å²) in [4.78, 5) is 13.1. The van der Waals surface area contributed by atoms with Gasteiger partial charge in [-0.25, -0.2) is 0 Å². The Labute approximate surface area is 155 Å². The second-order valence-corrected chi connectivity index (χ2v) is 12.1. The van der Waals surface area contributed by atoms with Gasteiger partial charge in [0, 0.05) is 5.56 Å². The number of carbonyl (C=O) groups excluding carboxylic acids is 1. The van der Waals surface area contributed by atoms with E-state index in [1.54, 1.807) is 0 Å². The van der Waals surface area contributed by atoms with Crippen molar-refractivity contribution in [3.63, 3.8) is 0 Å². The van der Waals surface area contributed by atoms with Crippen LogP contribution in [-0.4, -0.2) is 24.2 Å². The van der Waals surface area contributed by atoms with E-state index in [2.05, 4.69) is 6.92 Å². The lowest BCUT2D eigenvalue weighted by Crippen LogP contribution is -2.19. The number of unbranched alkanes of at least 4 members (excludes halogenated alkanes) is 1. The molecule has 6 heteroatoms. The first-order chi connectivity index (χ1) is 11.4. The van der Waals surface area contributed by atoms with Crippen molar-refractivity contribution in [3.05, 3.63) is 34.9 Å². The zero-order valence-electron chi connectivity index (χ0n) is 15.3. The number of aryl methyl sites for hydroxylation is 2. The van der Waals surface area contributed by atoms with Gasteiger partial charge >= 0.3 is 0 Å². The average Bonchev–Trinajstić information content (AvgIpc) is 2.53. The first kappa shape index (κ1) is 21.9. The van der Waals surface area contributed by atoms with E-state index in [4.69, 9.17) is 20.9 Å². The molecule has 0 aliphatic carbocycles. The van der Waals surface area contributed by atoms with Gasteiger partial charge < -0.3 is 9.05 Å². The molecule has 1 aromatic rings. The Morgan fingerprint density at radius 3 is 2.38 bits per heavy atom. The monoisotopic (exact) mass is 388 g/mol. The molecule has 0 radical (unpaired) electrons. The molecule has 1 rings (SSSR count). The Kier molecular flexibility index (Phi) is 9.76. The summed E-state index contributed by atoms with van der Waals surface area (Å²) in [6, 6.07) is 6.01. The van der Waals surface area contributed by atoms with Gasteiger partial charge in [-0.3, -0.25) is 4.79 Å². The second kappa shape index (κ2) is 10.7. The fourth-order valence-electron chi connectivity index (χ4n) is 2.37. The van der Waals surface area contributed by atoms with E-state index in [0.29, 0.717) is 13.2 Å². The molecule has 0 fully saturated rings. The van der Waals surface area contributed by atoms with Crippen LogP contribution in [0.3, 0.4) is 0 Å². The fourth-order valence-corrected chi connectivity index (χ4v) is 8.10. The molecule has 0 aliphatic rings. The highest BCUT2D eigenvalue weighted by molar-refractivity contribution is 8.68. The first-order valence-electron chi connectivity index (χ1n) is 8.55. The Morgan fingerprint density at radius 2 is 1.83 bits per heavy atom. The van der Waals surface area contributed by atoms with Gasteiger partial charge in [-0.2, -0.15) is 0 Å². The van der Waals surface area contributed by atoms with Crippen LogP contribution in [0.4, 0.5) is 0 Å². The SMILES string of the molecule is CCCCC(SP(=S)(OCC)OCC)C(=O)c1cc(C)ccc1C. The topological polar surface area (TPSA) is 35.5 Å². The van der Waals surface area contributed by atoms with E-state index in [9.17, 15) is 4.79 Å². The molecule has 0 aromatic heterocycles. The van der Waals surface area contributed by atoms with Crippen LogP contribution < -0.4 is 0 Å². The third-order valence-electron chi connectivity index (χ3n) is 3.60. The molecule has 0 bridgehead atoms.